The predicted octanol–water partition coefficient (Wildman–Crippen LogP) is 2.00. The van der Waals surface area contributed by atoms with Crippen LogP contribution in [-0.2, 0) is 9.53 Å². The zero-order valence-electron chi connectivity index (χ0n) is 13.4. The van der Waals surface area contributed by atoms with Crippen molar-refractivity contribution in [3.63, 3.8) is 0 Å². The van der Waals surface area contributed by atoms with Crippen molar-refractivity contribution < 1.29 is 19.6 Å². The first-order chi connectivity index (χ1) is 11.3. The molecule has 1 atom stereocenters. The van der Waals surface area contributed by atoms with Crippen LogP contribution in [0.5, 0.6) is 5.75 Å². The first-order valence-corrected chi connectivity index (χ1v) is 7.58. The lowest BCUT2D eigenvalue weighted by Gasteiger charge is -2.35. The van der Waals surface area contributed by atoms with Gasteiger partial charge in [0.2, 0.25) is 0 Å². The van der Waals surface area contributed by atoms with Gasteiger partial charge in [-0.3, -0.25) is 10.1 Å². The van der Waals surface area contributed by atoms with Crippen LogP contribution in [0.15, 0.2) is 29.5 Å². The summed E-state index contributed by atoms with van der Waals surface area (Å²) in [5, 5.41) is 24.0. The normalized spacial score (nSPS) is 17.5. The van der Waals surface area contributed by atoms with Crippen LogP contribution >= 0.6 is 12.2 Å². The van der Waals surface area contributed by atoms with Crippen LogP contribution in [0.4, 0.5) is 5.69 Å². The molecule has 0 fully saturated rings. The van der Waals surface area contributed by atoms with E-state index in [1.165, 1.54) is 18.2 Å². The van der Waals surface area contributed by atoms with Crippen molar-refractivity contribution in [3.05, 3.63) is 45.1 Å². The second kappa shape index (κ2) is 6.83. The summed E-state index contributed by atoms with van der Waals surface area (Å²) in [6.45, 7) is 3.62. The number of hydrogen-bond donors (Lipinski definition) is 2. The van der Waals surface area contributed by atoms with Crippen LogP contribution in [0.3, 0.4) is 0 Å². The maximum absolute atomic E-state index is 12.4. The van der Waals surface area contributed by atoms with Gasteiger partial charge in [-0.1, -0.05) is 6.07 Å². The number of nitrogens with zero attached hydrogens (tertiary/aromatic N) is 2. The van der Waals surface area contributed by atoms with Crippen molar-refractivity contribution >= 4 is 29.0 Å². The van der Waals surface area contributed by atoms with Gasteiger partial charge in [0.15, 0.2) is 10.9 Å². The summed E-state index contributed by atoms with van der Waals surface area (Å²) in [6.07, 6.45) is 0. The Labute approximate surface area is 143 Å². The van der Waals surface area contributed by atoms with Crippen LogP contribution in [-0.4, -0.2) is 39.7 Å². The molecule has 0 saturated carbocycles. The molecule has 2 N–H and O–H groups in total. The molecule has 128 valence electrons. The molecule has 24 heavy (non-hydrogen) atoms. The number of allylic oxidation sites excluding steroid dienone is 1. The average molecular weight is 351 g/mol. The molecule has 0 spiro atoms. The Balaban J connectivity index is 2.57. The van der Waals surface area contributed by atoms with Gasteiger partial charge >= 0.3 is 11.7 Å². The molecule has 2 rings (SSSR count). The molecule has 1 aliphatic heterocycles. The van der Waals surface area contributed by atoms with E-state index in [1.54, 1.807) is 25.8 Å². The number of benzene rings is 1. The molecule has 1 aromatic carbocycles. The first kappa shape index (κ1) is 17.7. The van der Waals surface area contributed by atoms with Crippen molar-refractivity contribution in [1.82, 2.24) is 10.2 Å². The molecule has 0 aromatic heterocycles. The van der Waals surface area contributed by atoms with Gasteiger partial charge in [0.05, 0.1) is 23.1 Å². The zero-order valence-corrected chi connectivity index (χ0v) is 14.2. The summed E-state index contributed by atoms with van der Waals surface area (Å²) < 4.78 is 5.10. The van der Waals surface area contributed by atoms with Gasteiger partial charge < -0.3 is 20.1 Å². The summed E-state index contributed by atoms with van der Waals surface area (Å²) in [6, 6.07) is 3.23. The number of ether oxygens (including phenoxy) is 1. The molecule has 0 aliphatic carbocycles. The van der Waals surface area contributed by atoms with E-state index in [1.807, 2.05) is 0 Å². The fourth-order valence-electron chi connectivity index (χ4n) is 2.43. The van der Waals surface area contributed by atoms with E-state index >= 15 is 0 Å². The number of phenolic OH excluding ortho intramolecular Hbond substituents is 1. The number of rotatable bonds is 4. The molecule has 0 radical (unpaired) electrons. The second-order valence-corrected chi connectivity index (χ2v) is 5.55. The van der Waals surface area contributed by atoms with E-state index in [-0.39, 0.29) is 6.61 Å². The molecule has 9 heteroatoms. The van der Waals surface area contributed by atoms with Crippen molar-refractivity contribution in [1.29, 1.82) is 0 Å². The molecular formula is C15H17N3O5S. The molecule has 1 heterocycles. The number of thiocarbonyl (C=S) groups is 1. The number of carbonyl (C=O) groups excluding carboxylic acids is 1. The van der Waals surface area contributed by atoms with Gasteiger partial charge in [0.1, 0.15) is 0 Å². The standard InChI is InChI=1S/C15H17N3O5S/c1-4-23-14(20)12-8(2)17(3)15(24)16-13(12)9-5-6-11(19)10(7-9)18(21)22/h5-7,13,19H,4H2,1-3H3,(H,16,24). The van der Waals surface area contributed by atoms with E-state index in [4.69, 9.17) is 17.0 Å². The van der Waals surface area contributed by atoms with Gasteiger partial charge in [0.25, 0.3) is 0 Å². The Hall–Kier alpha value is -2.68. The van der Waals surface area contributed by atoms with Gasteiger partial charge in [0, 0.05) is 18.8 Å². The lowest BCUT2D eigenvalue weighted by molar-refractivity contribution is -0.385. The maximum atomic E-state index is 12.4. The Morgan fingerprint density at radius 1 is 1.54 bits per heavy atom. The molecule has 1 aliphatic rings. The molecule has 0 bridgehead atoms. The van der Waals surface area contributed by atoms with Crippen LogP contribution in [0.25, 0.3) is 0 Å². The summed E-state index contributed by atoms with van der Waals surface area (Å²) in [7, 11) is 1.71. The van der Waals surface area contributed by atoms with Crippen LogP contribution < -0.4 is 5.32 Å². The minimum Gasteiger partial charge on any atom is -0.502 e. The third-order valence-corrected chi connectivity index (χ3v) is 4.17. The summed E-state index contributed by atoms with van der Waals surface area (Å²) in [5.74, 6) is -0.977. The van der Waals surface area contributed by atoms with Crippen LogP contribution in [0.2, 0.25) is 0 Å². The molecule has 0 amide bonds. The number of nitro benzene ring substituents is 1. The number of nitro groups is 1. The zero-order chi connectivity index (χ0) is 18.0. The Kier molecular flexibility index (Phi) is 5.03. The molecular weight excluding hydrogens is 334 g/mol. The van der Waals surface area contributed by atoms with Crippen LogP contribution in [0.1, 0.15) is 25.5 Å². The summed E-state index contributed by atoms with van der Waals surface area (Å²) >= 11 is 5.24. The van der Waals surface area contributed by atoms with E-state index in [9.17, 15) is 20.0 Å². The number of nitrogens with one attached hydrogen (secondary N) is 1. The van der Waals surface area contributed by atoms with Gasteiger partial charge in [-0.25, -0.2) is 4.79 Å². The van der Waals surface area contributed by atoms with E-state index < -0.39 is 28.4 Å². The lowest BCUT2D eigenvalue weighted by Crippen LogP contribution is -2.46. The third kappa shape index (κ3) is 3.16. The van der Waals surface area contributed by atoms with E-state index in [0.29, 0.717) is 21.9 Å². The topological polar surface area (TPSA) is 105 Å². The van der Waals surface area contributed by atoms with Gasteiger partial charge in [-0.15, -0.1) is 0 Å². The highest BCUT2D eigenvalue weighted by atomic mass is 32.1. The van der Waals surface area contributed by atoms with Crippen molar-refractivity contribution in [2.24, 2.45) is 0 Å². The fourth-order valence-corrected chi connectivity index (χ4v) is 2.68. The monoisotopic (exact) mass is 351 g/mol. The average Bonchev–Trinajstić information content (AvgIpc) is 2.52. The molecule has 1 aromatic rings. The number of phenols is 1. The number of esters is 1. The molecule has 1 unspecified atom stereocenters. The van der Waals surface area contributed by atoms with E-state index in [2.05, 4.69) is 5.32 Å². The highest BCUT2D eigenvalue weighted by molar-refractivity contribution is 7.80. The van der Waals surface area contributed by atoms with E-state index in [0.717, 1.165) is 0 Å². The maximum Gasteiger partial charge on any atom is 0.338 e. The number of carbonyl (C=O) groups is 1. The highest BCUT2D eigenvalue weighted by Crippen LogP contribution is 2.35. The Morgan fingerprint density at radius 2 is 2.21 bits per heavy atom. The van der Waals surface area contributed by atoms with Gasteiger partial charge in [-0.2, -0.15) is 0 Å². The quantitative estimate of drug-likeness (QED) is 0.367. The Bertz CT molecular complexity index is 747. The van der Waals surface area contributed by atoms with Crippen LogP contribution in [0, 0.1) is 10.1 Å². The summed E-state index contributed by atoms with van der Waals surface area (Å²) in [4.78, 5) is 24.3. The van der Waals surface area contributed by atoms with Gasteiger partial charge in [-0.05, 0) is 37.7 Å². The third-order valence-electron chi connectivity index (χ3n) is 3.78. The Morgan fingerprint density at radius 3 is 2.79 bits per heavy atom. The first-order valence-electron chi connectivity index (χ1n) is 7.17. The minimum atomic E-state index is -0.702. The fraction of sp³-hybridized carbons (Fsp3) is 0.333. The smallest absolute Gasteiger partial charge is 0.338 e. The predicted molar refractivity (Wildman–Crippen MR) is 90.3 cm³/mol. The highest BCUT2D eigenvalue weighted by Gasteiger charge is 2.34. The summed E-state index contributed by atoms with van der Waals surface area (Å²) in [5.41, 5.74) is 0.892. The SMILES string of the molecule is CCOC(=O)C1=C(C)N(C)C(=S)NC1c1ccc(O)c([N+](=O)[O-])c1. The second-order valence-electron chi connectivity index (χ2n) is 5.17. The molecule has 0 saturated heterocycles. The molecule has 8 nitrogen and oxygen atoms in total. The number of aromatic hydroxyl groups is 1. The van der Waals surface area contributed by atoms with Crippen molar-refractivity contribution in [2.45, 2.75) is 19.9 Å². The minimum absolute atomic E-state index is 0.201. The van der Waals surface area contributed by atoms with Crippen molar-refractivity contribution in [2.75, 3.05) is 13.7 Å². The van der Waals surface area contributed by atoms with Crippen molar-refractivity contribution in [3.8, 4) is 5.75 Å². The largest absolute Gasteiger partial charge is 0.502 e. The number of hydrogen-bond acceptors (Lipinski definition) is 6. The lowest BCUT2D eigenvalue weighted by atomic mass is 9.94.